The Balaban J connectivity index is 2.27. The van der Waals surface area contributed by atoms with Gasteiger partial charge in [0.25, 0.3) is 0 Å². The first kappa shape index (κ1) is 11.4. The van der Waals surface area contributed by atoms with Gasteiger partial charge < -0.3 is 5.11 Å². The lowest BCUT2D eigenvalue weighted by atomic mass is 9.98. The van der Waals surface area contributed by atoms with Gasteiger partial charge in [-0.05, 0) is 24.7 Å². The van der Waals surface area contributed by atoms with Crippen molar-refractivity contribution in [2.24, 2.45) is 12.5 Å². The molecule has 0 bridgehead atoms. The van der Waals surface area contributed by atoms with Crippen LogP contribution in [0, 0.1) is 5.41 Å². The summed E-state index contributed by atoms with van der Waals surface area (Å²) in [6.07, 6.45) is -1.20. The molecule has 0 aromatic carbocycles. The SMILES string of the molecule is Cn1cc(CC2(CO)CC2)c(C(F)(F)F)n1. The molecule has 1 N–H and O–H groups in total. The first-order valence-electron chi connectivity index (χ1n) is 5.07. The van der Waals surface area contributed by atoms with E-state index in [-0.39, 0.29) is 24.0 Å². The van der Waals surface area contributed by atoms with Gasteiger partial charge in [0.15, 0.2) is 5.69 Å². The molecule has 1 aromatic heterocycles. The second-order valence-electron chi connectivity index (χ2n) is 4.51. The molecule has 1 aliphatic rings. The molecule has 1 heterocycles. The van der Waals surface area contributed by atoms with Crippen LogP contribution in [0.25, 0.3) is 0 Å². The van der Waals surface area contributed by atoms with Gasteiger partial charge >= 0.3 is 6.18 Å². The second-order valence-corrected chi connectivity index (χ2v) is 4.51. The Morgan fingerprint density at radius 3 is 2.56 bits per heavy atom. The molecule has 0 unspecified atom stereocenters. The fraction of sp³-hybridized carbons (Fsp3) is 0.700. The van der Waals surface area contributed by atoms with E-state index < -0.39 is 11.9 Å². The Hall–Kier alpha value is -1.04. The van der Waals surface area contributed by atoms with Gasteiger partial charge in [-0.3, -0.25) is 4.68 Å². The number of rotatable bonds is 3. The predicted molar refractivity (Wildman–Crippen MR) is 50.7 cm³/mol. The van der Waals surface area contributed by atoms with E-state index in [1.807, 2.05) is 0 Å². The lowest BCUT2D eigenvalue weighted by molar-refractivity contribution is -0.142. The Kier molecular flexibility index (Phi) is 2.49. The van der Waals surface area contributed by atoms with Gasteiger partial charge in [-0.2, -0.15) is 18.3 Å². The van der Waals surface area contributed by atoms with Crippen LogP contribution in [0.4, 0.5) is 13.2 Å². The van der Waals surface area contributed by atoms with E-state index in [0.717, 1.165) is 12.8 Å². The molecule has 0 saturated heterocycles. The van der Waals surface area contributed by atoms with E-state index in [2.05, 4.69) is 5.10 Å². The number of nitrogens with zero attached hydrogens (tertiary/aromatic N) is 2. The van der Waals surface area contributed by atoms with Gasteiger partial charge in [-0.15, -0.1) is 0 Å². The normalized spacial score (nSPS) is 18.8. The third kappa shape index (κ3) is 2.07. The van der Waals surface area contributed by atoms with E-state index in [1.165, 1.54) is 17.9 Å². The maximum Gasteiger partial charge on any atom is 0.435 e. The number of aliphatic hydroxyl groups is 1. The molecule has 0 spiro atoms. The van der Waals surface area contributed by atoms with Crippen LogP contribution >= 0.6 is 0 Å². The second kappa shape index (κ2) is 3.48. The molecule has 2 rings (SSSR count). The molecular formula is C10H13F3N2O. The first-order chi connectivity index (χ1) is 7.36. The van der Waals surface area contributed by atoms with Gasteiger partial charge in [-0.25, -0.2) is 0 Å². The van der Waals surface area contributed by atoms with Crippen molar-refractivity contribution in [2.75, 3.05) is 6.61 Å². The highest BCUT2D eigenvalue weighted by atomic mass is 19.4. The number of halogens is 3. The minimum atomic E-state index is -4.41. The molecule has 3 nitrogen and oxygen atoms in total. The monoisotopic (exact) mass is 234 g/mol. The van der Waals surface area contributed by atoms with Crippen LogP contribution in [-0.2, 0) is 19.6 Å². The Labute approximate surface area is 90.9 Å². The molecule has 1 fully saturated rings. The zero-order chi connectivity index (χ0) is 12.0. The van der Waals surface area contributed by atoms with E-state index in [4.69, 9.17) is 5.11 Å². The van der Waals surface area contributed by atoms with E-state index >= 15 is 0 Å². The van der Waals surface area contributed by atoms with Gasteiger partial charge in [0, 0.05) is 25.4 Å². The Morgan fingerprint density at radius 2 is 2.12 bits per heavy atom. The molecule has 1 saturated carbocycles. The molecule has 6 heteroatoms. The van der Waals surface area contributed by atoms with Gasteiger partial charge in [0.05, 0.1) is 0 Å². The smallest absolute Gasteiger partial charge is 0.396 e. The summed E-state index contributed by atoms with van der Waals surface area (Å²) in [5, 5.41) is 12.5. The quantitative estimate of drug-likeness (QED) is 0.865. The molecule has 1 aromatic rings. The van der Waals surface area contributed by atoms with E-state index in [1.54, 1.807) is 0 Å². The lowest BCUT2D eigenvalue weighted by Gasteiger charge is -2.12. The van der Waals surface area contributed by atoms with Crippen LogP contribution < -0.4 is 0 Å². The van der Waals surface area contributed by atoms with Crippen molar-refractivity contribution in [3.8, 4) is 0 Å². The van der Waals surface area contributed by atoms with Crippen LogP contribution in [0.5, 0.6) is 0 Å². The molecular weight excluding hydrogens is 221 g/mol. The summed E-state index contributed by atoms with van der Waals surface area (Å²) in [6.45, 7) is -0.0564. The molecule has 0 amide bonds. The van der Waals surface area contributed by atoms with Crippen molar-refractivity contribution in [1.29, 1.82) is 0 Å². The molecule has 0 radical (unpaired) electrons. The first-order valence-corrected chi connectivity index (χ1v) is 5.07. The zero-order valence-corrected chi connectivity index (χ0v) is 8.88. The summed E-state index contributed by atoms with van der Waals surface area (Å²) in [5.41, 5.74) is -0.973. The fourth-order valence-corrected chi connectivity index (χ4v) is 1.88. The molecule has 16 heavy (non-hydrogen) atoms. The van der Waals surface area contributed by atoms with Crippen molar-refractivity contribution in [2.45, 2.75) is 25.4 Å². The average molecular weight is 234 g/mol. The van der Waals surface area contributed by atoms with Crippen LogP contribution in [0.3, 0.4) is 0 Å². The van der Waals surface area contributed by atoms with Crippen LogP contribution in [-0.4, -0.2) is 21.5 Å². The summed E-state index contributed by atoms with van der Waals surface area (Å²) in [6, 6.07) is 0. The van der Waals surface area contributed by atoms with Gasteiger partial charge in [0.2, 0.25) is 0 Å². The van der Waals surface area contributed by atoms with Crippen molar-refractivity contribution in [3.05, 3.63) is 17.5 Å². The summed E-state index contributed by atoms with van der Waals surface area (Å²) in [4.78, 5) is 0. The molecule has 1 aliphatic carbocycles. The van der Waals surface area contributed by atoms with Crippen molar-refractivity contribution in [1.82, 2.24) is 9.78 Å². The van der Waals surface area contributed by atoms with E-state index in [9.17, 15) is 13.2 Å². The number of aryl methyl sites for hydroxylation is 1. The maximum absolute atomic E-state index is 12.6. The van der Waals surface area contributed by atoms with Crippen LogP contribution in [0.15, 0.2) is 6.20 Å². The average Bonchev–Trinajstić information content (AvgIpc) is 2.83. The fourth-order valence-electron chi connectivity index (χ4n) is 1.88. The summed E-state index contributed by atoms with van der Waals surface area (Å²) in [5.74, 6) is 0. The highest BCUT2D eigenvalue weighted by Gasteiger charge is 2.45. The number of alkyl halides is 3. The lowest BCUT2D eigenvalue weighted by Crippen LogP contribution is -2.15. The van der Waals surface area contributed by atoms with Gasteiger partial charge in [-0.1, -0.05) is 0 Å². The van der Waals surface area contributed by atoms with Crippen molar-refractivity contribution in [3.63, 3.8) is 0 Å². The zero-order valence-electron chi connectivity index (χ0n) is 8.88. The minimum absolute atomic E-state index is 0.0564. The number of hydrogen-bond acceptors (Lipinski definition) is 2. The Bertz CT molecular complexity index is 393. The molecule has 0 aliphatic heterocycles. The number of aromatic nitrogens is 2. The topological polar surface area (TPSA) is 38.0 Å². The summed E-state index contributed by atoms with van der Waals surface area (Å²) < 4.78 is 39.0. The van der Waals surface area contributed by atoms with Gasteiger partial charge in [0.1, 0.15) is 0 Å². The summed E-state index contributed by atoms with van der Waals surface area (Å²) >= 11 is 0. The third-order valence-electron chi connectivity index (χ3n) is 3.03. The number of hydrogen-bond donors (Lipinski definition) is 1. The summed E-state index contributed by atoms with van der Waals surface area (Å²) in [7, 11) is 1.47. The largest absolute Gasteiger partial charge is 0.435 e. The highest BCUT2D eigenvalue weighted by molar-refractivity contribution is 5.23. The highest BCUT2D eigenvalue weighted by Crippen LogP contribution is 2.49. The maximum atomic E-state index is 12.6. The minimum Gasteiger partial charge on any atom is -0.396 e. The predicted octanol–water partition coefficient (Wildman–Crippen LogP) is 1.75. The van der Waals surface area contributed by atoms with Crippen LogP contribution in [0.2, 0.25) is 0 Å². The Morgan fingerprint density at radius 1 is 1.50 bits per heavy atom. The van der Waals surface area contributed by atoms with Crippen LogP contribution in [0.1, 0.15) is 24.1 Å². The molecule has 90 valence electrons. The standard InChI is InChI=1S/C10H13F3N2O/c1-15-5-7(4-9(6-16)2-3-9)8(14-15)10(11,12)13/h5,16H,2-4,6H2,1H3. The van der Waals surface area contributed by atoms with E-state index in [0.29, 0.717) is 0 Å². The molecule has 0 atom stereocenters. The third-order valence-corrected chi connectivity index (χ3v) is 3.03. The van der Waals surface area contributed by atoms with Crippen molar-refractivity contribution < 1.29 is 18.3 Å². The number of aliphatic hydroxyl groups excluding tert-OH is 1. The van der Waals surface area contributed by atoms with Crippen molar-refractivity contribution >= 4 is 0 Å².